The predicted octanol–water partition coefficient (Wildman–Crippen LogP) is 2.69. The van der Waals surface area contributed by atoms with Gasteiger partial charge < -0.3 is 15.4 Å². The molecular weight excluding hydrogens is 236 g/mol. The largest absolute Gasteiger partial charge is 0.497 e. The smallest absolute Gasteiger partial charge is 0.118 e. The van der Waals surface area contributed by atoms with E-state index in [2.05, 4.69) is 45.0 Å². The zero-order chi connectivity index (χ0) is 14.5. The maximum Gasteiger partial charge on any atom is 0.118 e. The van der Waals surface area contributed by atoms with E-state index in [9.17, 15) is 0 Å². The molecular formula is C16H28N2O. The highest BCUT2D eigenvalue weighted by Crippen LogP contribution is 2.23. The Morgan fingerprint density at radius 2 is 1.84 bits per heavy atom. The first-order valence-corrected chi connectivity index (χ1v) is 7.00. The first kappa shape index (κ1) is 16.0. The molecule has 0 fully saturated rings. The highest BCUT2D eigenvalue weighted by atomic mass is 16.5. The third-order valence-electron chi connectivity index (χ3n) is 4.44. The van der Waals surface area contributed by atoms with Gasteiger partial charge in [-0.15, -0.1) is 0 Å². The fourth-order valence-corrected chi connectivity index (χ4v) is 2.34. The van der Waals surface area contributed by atoms with Gasteiger partial charge in [-0.1, -0.05) is 19.1 Å². The van der Waals surface area contributed by atoms with Gasteiger partial charge in [-0.05, 0) is 58.0 Å². The fraction of sp³-hybridized carbons (Fsp3) is 0.625. The van der Waals surface area contributed by atoms with Crippen LogP contribution in [0.4, 0.5) is 0 Å². The summed E-state index contributed by atoms with van der Waals surface area (Å²) < 4.78 is 5.17. The van der Waals surface area contributed by atoms with Gasteiger partial charge in [-0.25, -0.2) is 0 Å². The van der Waals surface area contributed by atoms with Gasteiger partial charge >= 0.3 is 0 Å². The van der Waals surface area contributed by atoms with Crippen LogP contribution in [-0.4, -0.2) is 37.7 Å². The van der Waals surface area contributed by atoms with Crippen LogP contribution in [0.5, 0.6) is 5.75 Å². The van der Waals surface area contributed by atoms with Crippen molar-refractivity contribution in [1.29, 1.82) is 0 Å². The van der Waals surface area contributed by atoms with E-state index < -0.39 is 0 Å². The third-order valence-corrected chi connectivity index (χ3v) is 4.44. The average molecular weight is 264 g/mol. The molecule has 0 heterocycles. The zero-order valence-electron chi connectivity index (χ0n) is 12.9. The highest BCUT2D eigenvalue weighted by Gasteiger charge is 2.31. The molecule has 19 heavy (non-hydrogen) atoms. The zero-order valence-corrected chi connectivity index (χ0v) is 12.9. The third kappa shape index (κ3) is 3.95. The van der Waals surface area contributed by atoms with Crippen LogP contribution in [0.15, 0.2) is 24.3 Å². The summed E-state index contributed by atoms with van der Waals surface area (Å²) in [6.07, 6.45) is 3.06. The monoisotopic (exact) mass is 264 g/mol. The summed E-state index contributed by atoms with van der Waals surface area (Å²) in [5, 5.41) is 0. The van der Waals surface area contributed by atoms with Gasteiger partial charge in [0.05, 0.1) is 7.11 Å². The highest BCUT2D eigenvalue weighted by molar-refractivity contribution is 5.27. The van der Waals surface area contributed by atoms with Gasteiger partial charge in [0, 0.05) is 11.6 Å². The number of benzene rings is 1. The molecule has 0 spiro atoms. The van der Waals surface area contributed by atoms with E-state index >= 15 is 0 Å². The Kier molecular flexibility index (Phi) is 5.83. The lowest BCUT2D eigenvalue weighted by molar-refractivity contribution is 0.127. The molecule has 3 heteroatoms. The Balaban J connectivity index is 2.59. The number of nitrogens with two attached hydrogens (primary N) is 1. The SMILES string of the molecule is CCC(C)(C(N)CCc1ccc(OC)cc1)N(C)C. The van der Waals surface area contributed by atoms with E-state index in [1.54, 1.807) is 7.11 Å². The van der Waals surface area contributed by atoms with Crippen LogP contribution < -0.4 is 10.5 Å². The molecule has 1 aromatic carbocycles. The Morgan fingerprint density at radius 3 is 2.26 bits per heavy atom. The summed E-state index contributed by atoms with van der Waals surface area (Å²) in [4.78, 5) is 2.24. The molecule has 2 N–H and O–H groups in total. The van der Waals surface area contributed by atoms with E-state index in [0.717, 1.165) is 25.0 Å². The first-order chi connectivity index (χ1) is 8.93. The van der Waals surface area contributed by atoms with Crippen molar-refractivity contribution < 1.29 is 4.74 Å². The summed E-state index contributed by atoms with van der Waals surface area (Å²) in [6, 6.07) is 8.42. The van der Waals surface area contributed by atoms with Crippen molar-refractivity contribution in [3.8, 4) is 5.75 Å². The van der Waals surface area contributed by atoms with Crippen molar-refractivity contribution in [1.82, 2.24) is 4.90 Å². The Hall–Kier alpha value is -1.06. The molecule has 0 amide bonds. The van der Waals surface area contributed by atoms with Crippen LogP contribution in [0.1, 0.15) is 32.3 Å². The number of methoxy groups -OCH3 is 1. The van der Waals surface area contributed by atoms with E-state index in [-0.39, 0.29) is 11.6 Å². The lowest BCUT2D eigenvalue weighted by atomic mass is 9.85. The maximum absolute atomic E-state index is 6.40. The summed E-state index contributed by atoms with van der Waals surface area (Å²) in [7, 11) is 5.90. The molecule has 3 nitrogen and oxygen atoms in total. The van der Waals surface area contributed by atoms with Gasteiger partial charge in [0.1, 0.15) is 5.75 Å². The molecule has 0 bridgehead atoms. The summed E-state index contributed by atoms with van der Waals surface area (Å²) in [5.41, 5.74) is 7.78. The number of ether oxygens (including phenoxy) is 1. The summed E-state index contributed by atoms with van der Waals surface area (Å²) in [5.74, 6) is 0.903. The maximum atomic E-state index is 6.40. The number of rotatable bonds is 7. The Labute approximate surface area is 117 Å². The average Bonchev–Trinajstić information content (AvgIpc) is 2.44. The van der Waals surface area contributed by atoms with E-state index in [4.69, 9.17) is 10.5 Å². The number of likely N-dealkylation sites (N-methyl/N-ethyl adjacent to an activating group) is 1. The van der Waals surface area contributed by atoms with Gasteiger partial charge in [-0.3, -0.25) is 0 Å². The number of nitrogens with zero attached hydrogens (tertiary/aromatic N) is 1. The van der Waals surface area contributed by atoms with Crippen molar-refractivity contribution in [2.45, 2.75) is 44.7 Å². The molecule has 0 aromatic heterocycles. The van der Waals surface area contributed by atoms with Gasteiger partial charge in [0.2, 0.25) is 0 Å². The minimum Gasteiger partial charge on any atom is -0.497 e. The first-order valence-electron chi connectivity index (χ1n) is 7.00. The molecule has 1 rings (SSSR count). The summed E-state index contributed by atoms with van der Waals surface area (Å²) >= 11 is 0. The lowest BCUT2D eigenvalue weighted by Crippen LogP contribution is -2.55. The molecule has 0 radical (unpaired) electrons. The van der Waals surface area contributed by atoms with E-state index in [1.807, 2.05) is 12.1 Å². The number of aryl methyl sites for hydroxylation is 1. The molecule has 108 valence electrons. The molecule has 0 saturated heterocycles. The van der Waals surface area contributed by atoms with Crippen molar-refractivity contribution >= 4 is 0 Å². The number of hydrogen-bond acceptors (Lipinski definition) is 3. The second-order valence-electron chi connectivity index (χ2n) is 5.60. The van der Waals surface area contributed by atoms with Crippen molar-refractivity contribution in [3.63, 3.8) is 0 Å². The van der Waals surface area contributed by atoms with Gasteiger partial charge in [0.15, 0.2) is 0 Å². The lowest BCUT2D eigenvalue weighted by Gasteiger charge is -2.41. The second-order valence-corrected chi connectivity index (χ2v) is 5.60. The minimum atomic E-state index is 0.0620. The van der Waals surface area contributed by atoms with Crippen molar-refractivity contribution in [2.75, 3.05) is 21.2 Å². The van der Waals surface area contributed by atoms with Crippen LogP contribution in [0.25, 0.3) is 0 Å². The van der Waals surface area contributed by atoms with E-state index in [1.165, 1.54) is 5.56 Å². The number of hydrogen-bond donors (Lipinski definition) is 1. The second kappa shape index (κ2) is 6.92. The van der Waals surface area contributed by atoms with Gasteiger partial charge in [-0.2, -0.15) is 0 Å². The van der Waals surface area contributed by atoms with Crippen molar-refractivity contribution in [2.24, 2.45) is 5.73 Å². The van der Waals surface area contributed by atoms with Crippen LogP contribution in [-0.2, 0) is 6.42 Å². The Bertz CT molecular complexity index is 375. The van der Waals surface area contributed by atoms with Crippen LogP contribution in [0.3, 0.4) is 0 Å². The fourth-order valence-electron chi connectivity index (χ4n) is 2.34. The van der Waals surface area contributed by atoms with Crippen LogP contribution in [0.2, 0.25) is 0 Å². The normalized spacial score (nSPS) is 16.2. The molecule has 0 aliphatic rings. The van der Waals surface area contributed by atoms with Gasteiger partial charge in [0.25, 0.3) is 0 Å². The Morgan fingerprint density at radius 1 is 1.26 bits per heavy atom. The predicted molar refractivity (Wildman–Crippen MR) is 81.7 cm³/mol. The molecule has 0 saturated carbocycles. The standard InChI is InChI=1S/C16H28N2O/c1-6-16(2,18(3)4)15(17)12-9-13-7-10-14(19-5)11-8-13/h7-8,10-11,15H,6,9,12,17H2,1-5H3. The molecule has 2 atom stereocenters. The molecule has 0 aliphatic heterocycles. The molecule has 1 aromatic rings. The topological polar surface area (TPSA) is 38.5 Å². The van der Waals surface area contributed by atoms with Crippen LogP contribution >= 0.6 is 0 Å². The molecule has 2 unspecified atom stereocenters. The quantitative estimate of drug-likeness (QED) is 0.823. The van der Waals surface area contributed by atoms with Crippen molar-refractivity contribution in [3.05, 3.63) is 29.8 Å². The summed E-state index contributed by atoms with van der Waals surface area (Å²) in [6.45, 7) is 4.44. The van der Waals surface area contributed by atoms with E-state index in [0.29, 0.717) is 0 Å². The minimum absolute atomic E-state index is 0.0620. The molecule has 0 aliphatic carbocycles. The van der Waals surface area contributed by atoms with Crippen LogP contribution in [0, 0.1) is 0 Å².